The maximum atomic E-state index is 13.8. The topological polar surface area (TPSA) is 55.8 Å². The molecule has 3 aromatic rings. The first-order chi connectivity index (χ1) is 16.3. The summed E-state index contributed by atoms with van der Waals surface area (Å²) < 4.78 is 11.0. The highest BCUT2D eigenvalue weighted by atomic mass is 16.5. The number of benzene rings is 3. The van der Waals surface area contributed by atoms with Crippen molar-refractivity contribution in [2.24, 2.45) is 5.41 Å². The fraction of sp³-hybridized carbons (Fsp3) is 0.310. The van der Waals surface area contributed by atoms with Gasteiger partial charge in [0.05, 0.1) is 19.9 Å². The number of carbonyl (C=O) groups excluding carboxylic acids is 2. The van der Waals surface area contributed by atoms with Crippen LogP contribution in [0.5, 0.6) is 11.5 Å². The molecule has 2 aliphatic rings. The number of carbonyl (C=O) groups is 2. The number of hydrogen-bond donors (Lipinski definition) is 0. The molecule has 0 bridgehead atoms. The molecule has 0 spiro atoms. The summed E-state index contributed by atoms with van der Waals surface area (Å²) in [6, 6.07) is 19.6. The molecule has 1 atom stereocenters. The Bertz CT molecular complexity index is 1330. The maximum Gasteiger partial charge on any atom is 0.232 e. The van der Waals surface area contributed by atoms with Crippen LogP contribution in [0.3, 0.4) is 0 Å². The van der Waals surface area contributed by atoms with Crippen molar-refractivity contribution in [1.29, 1.82) is 0 Å². The number of fused-ring (bicyclic) bond motifs is 1. The van der Waals surface area contributed by atoms with E-state index in [1.807, 2.05) is 65.6 Å². The Morgan fingerprint density at radius 2 is 1.68 bits per heavy atom. The first-order valence-corrected chi connectivity index (χ1v) is 11.6. The van der Waals surface area contributed by atoms with Crippen LogP contribution in [0.4, 0.5) is 5.69 Å². The number of amides is 1. The van der Waals surface area contributed by atoms with E-state index in [-0.39, 0.29) is 29.4 Å². The van der Waals surface area contributed by atoms with E-state index in [0.29, 0.717) is 24.3 Å². The standard InChI is InChI=1S/C29H29NO4/c1-29(2)16-24-28(25(31)17-29)22(21-13-12-19(33-3)14-26(21)34-4)15-27(32)30(24)23-11-7-9-18-8-5-6-10-20(18)23/h5-14,22H,15-17H2,1-4H3. The molecule has 5 nitrogen and oxygen atoms in total. The predicted molar refractivity (Wildman–Crippen MR) is 133 cm³/mol. The molecule has 1 amide bonds. The van der Waals surface area contributed by atoms with Crippen molar-refractivity contribution in [1.82, 2.24) is 0 Å². The van der Waals surface area contributed by atoms with E-state index in [1.165, 1.54) is 0 Å². The quantitative estimate of drug-likeness (QED) is 0.483. The summed E-state index contributed by atoms with van der Waals surface area (Å²) in [4.78, 5) is 29.3. The minimum Gasteiger partial charge on any atom is -0.497 e. The Balaban J connectivity index is 1.74. The molecule has 0 aromatic heterocycles. The lowest BCUT2D eigenvalue weighted by Crippen LogP contribution is -2.43. The van der Waals surface area contributed by atoms with Gasteiger partial charge in [-0.15, -0.1) is 0 Å². The molecule has 1 heterocycles. The minimum atomic E-state index is -0.349. The highest BCUT2D eigenvalue weighted by molar-refractivity contribution is 6.11. The first kappa shape index (κ1) is 22.2. The maximum absolute atomic E-state index is 13.8. The number of rotatable bonds is 4. The Morgan fingerprint density at radius 1 is 0.912 bits per heavy atom. The van der Waals surface area contributed by atoms with Crippen molar-refractivity contribution in [3.05, 3.63) is 77.5 Å². The molecule has 174 valence electrons. The van der Waals surface area contributed by atoms with Gasteiger partial charge in [-0.1, -0.05) is 56.3 Å². The van der Waals surface area contributed by atoms with Crippen molar-refractivity contribution in [3.63, 3.8) is 0 Å². The van der Waals surface area contributed by atoms with Gasteiger partial charge in [-0.25, -0.2) is 0 Å². The Hall–Kier alpha value is -3.60. The Kier molecular flexibility index (Phi) is 5.43. The van der Waals surface area contributed by atoms with Crippen LogP contribution in [-0.2, 0) is 9.59 Å². The summed E-state index contributed by atoms with van der Waals surface area (Å²) in [5, 5.41) is 2.07. The lowest BCUT2D eigenvalue weighted by atomic mass is 9.69. The van der Waals surface area contributed by atoms with E-state index < -0.39 is 0 Å². The van der Waals surface area contributed by atoms with Gasteiger partial charge in [0.1, 0.15) is 11.5 Å². The number of ether oxygens (including phenoxy) is 2. The number of Topliss-reactive ketones (excluding diaryl/α,β-unsaturated/α-hetero) is 1. The zero-order valence-electron chi connectivity index (χ0n) is 20.1. The largest absolute Gasteiger partial charge is 0.497 e. The SMILES string of the molecule is COc1ccc(C2CC(=O)N(c3cccc4ccccc34)C3=C2C(=O)CC(C)(C)C3)c(OC)c1. The van der Waals surface area contributed by atoms with Crippen LogP contribution in [0.25, 0.3) is 10.8 Å². The second kappa shape index (κ2) is 8.32. The number of hydrogen-bond acceptors (Lipinski definition) is 4. The van der Waals surface area contributed by atoms with Gasteiger partial charge in [-0.3, -0.25) is 14.5 Å². The fourth-order valence-corrected chi connectivity index (χ4v) is 5.47. The van der Waals surface area contributed by atoms with Gasteiger partial charge in [0.25, 0.3) is 0 Å². The zero-order valence-corrected chi connectivity index (χ0v) is 20.1. The van der Waals surface area contributed by atoms with Crippen molar-refractivity contribution in [2.75, 3.05) is 19.1 Å². The lowest BCUT2D eigenvalue weighted by Gasteiger charge is -2.43. The van der Waals surface area contributed by atoms with Gasteiger partial charge < -0.3 is 9.47 Å². The van der Waals surface area contributed by atoms with Crippen molar-refractivity contribution >= 4 is 28.2 Å². The minimum absolute atomic E-state index is 0.0107. The summed E-state index contributed by atoms with van der Waals surface area (Å²) in [6.07, 6.45) is 1.31. The highest BCUT2D eigenvalue weighted by Gasteiger charge is 2.45. The number of methoxy groups -OCH3 is 2. The van der Waals surface area contributed by atoms with E-state index >= 15 is 0 Å². The van der Waals surface area contributed by atoms with E-state index in [9.17, 15) is 9.59 Å². The smallest absolute Gasteiger partial charge is 0.232 e. The monoisotopic (exact) mass is 455 g/mol. The van der Waals surface area contributed by atoms with E-state index in [2.05, 4.69) is 13.8 Å². The van der Waals surface area contributed by atoms with Crippen LogP contribution >= 0.6 is 0 Å². The van der Waals surface area contributed by atoms with Gasteiger partial charge >= 0.3 is 0 Å². The summed E-state index contributed by atoms with van der Waals surface area (Å²) in [5.41, 5.74) is 2.99. The second-order valence-corrected chi connectivity index (χ2v) is 9.89. The molecule has 0 saturated heterocycles. The van der Waals surface area contributed by atoms with E-state index in [4.69, 9.17) is 9.47 Å². The zero-order chi connectivity index (χ0) is 24.0. The molecule has 1 unspecified atom stereocenters. The second-order valence-electron chi connectivity index (χ2n) is 9.89. The van der Waals surface area contributed by atoms with Gasteiger partial charge in [0, 0.05) is 47.0 Å². The molecule has 0 fully saturated rings. The first-order valence-electron chi connectivity index (χ1n) is 11.6. The third-order valence-corrected chi connectivity index (χ3v) is 6.97. The van der Waals surface area contributed by atoms with Crippen LogP contribution in [0.15, 0.2) is 71.9 Å². The predicted octanol–water partition coefficient (Wildman–Crippen LogP) is 6.02. The van der Waals surface area contributed by atoms with Crippen molar-refractivity contribution < 1.29 is 19.1 Å². The highest BCUT2D eigenvalue weighted by Crippen LogP contribution is 2.50. The van der Waals surface area contributed by atoms with Crippen LogP contribution in [0, 0.1) is 5.41 Å². The summed E-state index contributed by atoms with van der Waals surface area (Å²) in [7, 11) is 3.21. The average Bonchev–Trinajstić information content (AvgIpc) is 2.82. The molecule has 5 heteroatoms. The molecule has 0 radical (unpaired) electrons. The van der Waals surface area contributed by atoms with Crippen LogP contribution in [0.2, 0.25) is 0 Å². The molecule has 34 heavy (non-hydrogen) atoms. The van der Waals surface area contributed by atoms with Crippen LogP contribution in [0.1, 0.15) is 44.6 Å². The summed E-state index contributed by atoms with van der Waals surface area (Å²) in [5.74, 6) is 1.04. The van der Waals surface area contributed by atoms with Crippen LogP contribution < -0.4 is 14.4 Å². The normalized spacial score (nSPS) is 19.9. The fourth-order valence-electron chi connectivity index (χ4n) is 5.47. The third kappa shape index (κ3) is 3.65. The van der Waals surface area contributed by atoms with Crippen molar-refractivity contribution in [2.45, 2.75) is 39.0 Å². The molecule has 3 aromatic carbocycles. The average molecular weight is 456 g/mol. The number of nitrogens with zero attached hydrogens (tertiary/aromatic N) is 1. The lowest BCUT2D eigenvalue weighted by molar-refractivity contribution is -0.121. The van der Waals surface area contributed by atoms with E-state index in [1.54, 1.807) is 14.2 Å². The van der Waals surface area contributed by atoms with E-state index in [0.717, 1.165) is 33.3 Å². The molecular weight excluding hydrogens is 426 g/mol. The molecular formula is C29H29NO4. The molecule has 0 saturated carbocycles. The third-order valence-electron chi connectivity index (χ3n) is 6.97. The van der Waals surface area contributed by atoms with Gasteiger partial charge in [0.15, 0.2) is 5.78 Å². The molecule has 0 N–H and O–H groups in total. The van der Waals surface area contributed by atoms with Crippen LogP contribution in [-0.4, -0.2) is 25.9 Å². The Morgan fingerprint density at radius 3 is 2.44 bits per heavy atom. The molecule has 5 rings (SSSR count). The number of allylic oxidation sites excluding steroid dienone is 2. The number of anilines is 1. The Labute approximate surface area is 200 Å². The molecule has 1 aliphatic heterocycles. The van der Waals surface area contributed by atoms with Gasteiger partial charge in [0.2, 0.25) is 5.91 Å². The van der Waals surface area contributed by atoms with Gasteiger partial charge in [-0.05, 0) is 29.4 Å². The molecule has 1 aliphatic carbocycles. The van der Waals surface area contributed by atoms with Gasteiger partial charge in [-0.2, -0.15) is 0 Å². The van der Waals surface area contributed by atoms with Crippen molar-refractivity contribution in [3.8, 4) is 11.5 Å². The summed E-state index contributed by atoms with van der Waals surface area (Å²) >= 11 is 0. The number of ketones is 1. The summed E-state index contributed by atoms with van der Waals surface area (Å²) in [6.45, 7) is 4.19.